The van der Waals surface area contributed by atoms with Crippen LogP contribution in [0.4, 0.5) is 10.3 Å². The van der Waals surface area contributed by atoms with Crippen molar-refractivity contribution in [1.82, 2.24) is 9.97 Å². The first-order valence-corrected chi connectivity index (χ1v) is 7.51. The second-order valence-electron chi connectivity index (χ2n) is 5.68. The van der Waals surface area contributed by atoms with E-state index in [-0.39, 0.29) is 12.4 Å². The first-order valence-electron chi connectivity index (χ1n) is 7.51. The lowest BCUT2D eigenvalue weighted by atomic mass is 9.96. The fourth-order valence-electron chi connectivity index (χ4n) is 3.15. The Morgan fingerprint density at radius 3 is 2.83 bits per heavy atom. The Balaban J connectivity index is 1.72. The summed E-state index contributed by atoms with van der Waals surface area (Å²) in [5, 5.41) is 9.48. The third kappa shape index (κ3) is 2.39. The van der Waals surface area contributed by atoms with Crippen LogP contribution in [0.2, 0.25) is 0 Å². The number of nitrogens with zero attached hydrogens (tertiary/aromatic N) is 2. The topological polar surface area (TPSA) is 52.1 Å². The van der Waals surface area contributed by atoms with E-state index >= 15 is 0 Å². The number of rotatable bonds is 3. The number of H-pyrrole nitrogens is 1. The van der Waals surface area contributed by atoms with Crippen molar-refractivity contribution in [1.29, 1.82) is 0 Å². The summed E-state index contributed by atoms with van der Waals surface area (Å²) in [7, 11) is 0. The standard InChI is InChI=1S/C18H16FN3O/c19-16-3-1-2-14(11-23)17(16)12-4-5-13-9-22(10-15(13)8-12)18-20-6-7-21-18/h1-8,23H,9-11H2,(H,20,21). The van der Waals surface area contributed by atoms with E-state index in [2.05, 4.69) is 14.9 Å². The van der Waals surface area contributed by atoms with Gasteiger partial charge in [0.05, 0.1) is 6.61 Å². The first kappa shape index (κ1) is 14.0. The normalized spacial score (nSPS) is 13.4. The van der Waals surface area contributed by atoms with Gasteiger partial charge >= 0.3 is 0 Å². The van der Waals surface area contributed by atoms with Crippen LogP contribution in [0.5, 0.6) is 0 Å². The monoisotopic (exact) mass is 309 g/mol. The molecule has 5 heteroatoms. The minimum absolute atomic E-state index is 0.178. The molecule has 0 bridgehead atoms. The molecule has 4 rings (SSSR count). The summed E-state index contributed by atoms with van der Waals surface area (Å²) in [6.45, 7) is 1.34. The van der Waals surface area contributed by atoms with E-state index in [0.717, 1.165) is 30.2 Å². The van der Waals surface area contributed by atoms with E-state index in [4.69, 9.17) is 0 Å². The van der Waals surface area contributed by atoms with Gasteiger partial charge in [-0.1, -0.05) is 24.3 Å². The zero-order valence-corrected chi connectivity index (χ0v) is 12.5. The van der Waals surface area contributed by atoms with Crippen molar-refractivity contribution in [2.24, 2.45) is 0 Å². The third-order valence-corrected chi connectivity index (χ3v) is 4.27. The Labute approximate surface area is 133 Å². The van der Waals surface area contributed by atoms with Crippen LogP contribution in [0.3, 0.4) is 0 Å². The number of aromatic nitrogens is 2. The average molecular weight is 309 g/mol. The molecule has 0 aliphatic carbocycles. The van der Waals surface area contributed by atoms with Gasteiger partial charge in [-0.2, -0.15) is 0 Å². The van der Waals surface area contributed by atoms with Crippen molar-refractivity contribution < 1.29 is 9.50 Å². The second kappa shape index (κ2) is 5.52. The molecule has 116 valence electrons. The van der Waals surface area contributed by atoms with Crippen molar-refractivity contribution in [2.75, 3.05) is 4.90 Å². The number of aliphatic hydroxyl groups excluding tert-OH is 1. The molecule has 1 aromatic heterocycles. The molecule has 2 aromatic carbocycles. The summed E-state index contributed by atoms with van der Waals surface area (Å²) in [6, 6.07) is 10.8. The molecule has 2 heterocycles. The second-order valence-corrected chi connectivity index (χ2v) is 5.68. The number of fused-ring (bicyclic) bond motifs is 1. The van der Waals surface area contributed by atoms with E-state index in [1.807, 2.05) is 18.2 Å². The summed E-state index contributed by atoms with van der Waals surface area (Å²) in [4.78, 5) is 9.53. The lowest BCUT2D eigenvalue weighted by Crippen LogP contribution is -2.15. The van der Waals surface area contributed by atoms with Crippen LogP contribution in [0.25, 0.3) is 11.1 Å². The number of hydrogen-bond donors (Lipinski definition) is 2. The number of nitrogens with one attached hydrogen (secondary N) is 1. The van der Waals surface area contributed by atoms with E-state index in [9.17, 15) is 9.50 Å². The van der Waals surface area contributed by atoms with Gasteiger partial charge in [0, 0.05) is 31.0 Å². The van der Waals surface area contributed by atoms with Crippen molar-refractivity contribution in [3.8, 4) is 11.1 Å². The molecular formula is C18H16FN3O. The van der Waals surface area contributed by atoms with Gasteiger partial charge in [-0.25, -0.2) is 9.37 Å². The Bertz CT molecular complexity index is 845. The van der Waals surface area contributed by atoms with E-state index < -0.39 is 0 Å². The maximum atomic E-state index is 14.2. The van der Waals surface area contributed by atoms with E-state index in [1.165, 1.54) is 11.6 Å². The zero-order chi connectivity index (χ0) is 15.8. The average Bonchev–Trinajstić information content (AvgIpc) is 3.22. The van der Waals surface area contributed by atoms with Crippen LogP contribution >= 0.6 is 0 Å². The molecule has 1 aliphatic heterocycles. The molecule has 0 unspecified atom stereocenters. The summed E-state index contributed by atoms with van der Waals surface area (Å²) >= 11 is 0. The molecule has 0 radical (unpaired) electrons. The third-order valence-electron chi connectivity index (χ3n) is 4.27. The molecule has 0 saturated carbocycles. The zero-order valence-electron chi connectivity index (χ0n) is 12.5. The van der Waals surface area contributed by atoms with Crippen molar-refractivity contribution >= 4 is 5.95 Å². The maximum absolute atomic E-state index is 14.2. The van der Waals surface area contributed by atoms with Crippen molar-refractivity contribution in [3.05, 3.63) is 71.3 Å². The molecule has 2 N–H and O–H groups in total. The quantitative estimate of drug-likeness (QED) is 0.781. The van der Waals surface area contributed by atoms with Gasteiger partial charge in [0.15, 0.2) is 0 Å². The van der Waals surface area contributed by atoms with Crippen molar-refractivity contribution in [2.45, 2.75) is 19.7 Å². The minimum atomic E-state index is -0.308. The van der Waals surface area contributed by atoms with Crippen LogP contribution in [-0.2, 0) is 19.7 Å². The Morgan fingerprint density at radius 1 is 1.17 bits per heavy atom. The van der Waals surface area contributed by atoms with Crippen LogP contribution in [0.15, 0.2) is 48.8 Å². The number of imidazole rings is 1. The predicted octanol–water partition coefficient (Wildman–Crippen LogP) is 3.23. The molecule has 0 atom stereocenters. The van der Waals surface area contributed by atoms with Crippen LogP contribution in [0, 0.1) is 5.82 Å². The molecule has 0 saturated heterocycles. The van der Waals surface area contributed by atoms with Crippen LogP contribution < -0.4 is 4.90 Å². The molecule has 1 aliphatic rings. The Kier molecular flexibility index (Phi) is 3.35. The lowest BCUT2D eigenvalue weighted by molar-refractivity contribution is 0.282. The fraction of sp³-hybridized carbons (Fsp3) is 0.167. The predicted molar refractivity (Wildman–Crippen MR) is 86.2 cm³/mol. The van der Waals surface area contributed by atoms with Gasteiger partial charge in [0.2, 0.25) is 5.95 Å². The molecule has 3 aromatic rings. The van der Waals surface area contributed by atoms with Gasteiger partial charge in [0.1, 0.15) is 5.82 Å². The molecule has 0 fully saturated rings. The van der Waals surface area contributed by atoms with Gasteiger partial charge in [0.25, 0.3) is 0 Å². The van der Waals surface area contributed by atoms with Gasteiger partial charge in [-0.05, 0) is 34.4 Å². The Hall–Kier alpha value is -2.66. The molecule has 23 heavy (non-hydrogen) atoms. The summed E-state index contributed by atoms with van der Waals surface area (Å²) in [5.41, 5.74) is 4.25. The summed E-state index contributed by atoms with van der Waals surface area (Å²) in [6.07, 6.45) is 3.53. The highest BCUT2D eigenvalue weighted by Crippen LogP contribution is 2.33. The van der Waals surface area contributed by atoms with Crippen LogP contribution in [0.1, 0.15) is 16.7 Å². The Morgan fingerprint density at radius 2 is 2.04 bits per heavy atom. The highest BCUT2D eigenvalue weighted by atomic mass is 19.1. The van der Waals surface area contributed by atoms with Gasteiger partial charge in [-0.3, -0.25) is 0 Å². The summed E-state index contributed by atoms with van der Waals surface area (Å²) in [5.74, 6) is 0.530. The molecular weight excluding hydrogens is 293 g/mol. The van der Waals surface area contributed by atoms with Gasteiger partial charge < -0.3 is 15.0 Å². The molecule has 0 amide bonds. The number of benzene rings is 2. The lowest BCUT2D eigenvalue weighted by Gasteiger charge is -2.12. The maximum Gasteiger partial charge on any atom is 0.203 e. The largest absolute Gasteiger partial charge is 0.392 e. The van der Waals surface area contributed by atoms with Gasteiger partial charge in [-0.15, -0.1) is 0 Å². The summed E-state index contributed by atoms with van der Waals surface area (Å²) < 4.78 is 14.2. The minimum Gasteiger partial charge on any atom is -0.392 e. The first-order chi connectivity index (χ1) is 11.3. The number of aliphatic hydroxyl groups is 1. The highest BCUT2D eigenvalue weighted by Gasteiger charge is 2.22. The van der Waals surface area contributed by atoms with Crippen molar-refractivity contribution in [3.63, 3.8) is 0 Å². The molecule has 0 spiro atoms. The SMILES string of the molecule is OCc1cccc(F)c1-c1ccc2c(c1)CN(c1ncc[nH]1)C2. The number of aromatic amines is 1. The fourth-order valence-corrected chi connectivity index (χ4v) is 3.15. The highest BCUT2D eigenvalue weighted by molar-refractivity contribution is 5.70. The van der Waals surface area contributed by atoms with E-state index in [0.29, 0.717) is 11.1 Å². The number of anilines is 1. The number of hydrogen-bond acceptors (Lipinski definition) is 3. The molecule has 4 nitrogen and oxygen atoms in total. The van der Waals surface area contributed by atoms with Crippen LogP contribution in [-0.4, -0.2) is 15.1 Å². The smallest absolute Gasteiger partial charge is 0.203 e. The number of halogens is 1. The van der Waals surface area contributed by atoms with E-state index in [1.54, 1.807) is 24.5 Å².